The highest BCUT2D eigenvalue weighted by molar-refractivity contribution is 8.15. The molecule has 33 heavy (non-hydrogen) atoms. The van der Waals surface area contributed by atoms with E-state index >= 15 is 0 Å². The van der Waals surface area contributed by atoms with Crippen LogP contribution < -0.4 is 15.0 Å². The number of thioether (sulfide) groups is 1. The van der Waals surface area contributed by atoms with Crippen molar-refractivity contribution in [2.45, 2.75) is 45.2 Å². The number of carbonyl (C=O) groups is 3. The van der Waals surface area contributed by atoms with Gasteiger partial charge in [-0.3, -0.25) is 14.4 Å². The summed E-state index contributed by atoms with van der Waals surface area (Å²) >= 11 is 7.60. The second-order valence-electron chi connectivity index (χ2n) is 7.96. The van der Waals surface area contributed by atoms with Crippen molar-refractivity contribution in [3.63, 3.8) is 0 Å². The smallest absolute Gasteiger partial charge is 0.271 e. The van der Waals surface area contributed by atoms with Crippen LogP contribution in [-0.2, 0) is 25.8 Å². The van der Waals surface area contributed by atoms with E-state index in [1.54, 1.807) is 23.1 Å². The zero-order valence-electron chi connectivity index (χ0n) is 18.6. The van der Waals surface area contributed by atoms with Crippen molar-refractivity contribution in [1.82, 2.24) is 10.3 Å². The Kier molecular flexibility index (Phi) is 6.11. The molecule has 172 valence electrons. The molecule has 1 spiro atoms. The van der Waals surface area contributed by atoms with Crippen molar-refractivity contribution < 1.29 is 19.1 Å². The molecule has 8 nitrogen and oxygen atoms in total. The minimum absolute atomic E-state index is 0.0464. The van der Waals surface area contributed by atoms with E-state index in [1.165, 1.54) is 13.8 Å². The predicted octanol–water partition coefficient (Wildman–Crippen LogP) is 3.83. The molecule has 1 atom stereocenters. The highest BCUT2D eigenvalue weighted by Crippen LogP contribution is 2.56. The lowest BCUT2D eigenvalue weighted by Crippen LogP contribution is -2.48. The Bertz CT molecular complexity index is 1180. The molecular formula is C23H23ClN4O4S. The maximum atomic E-state index is 14.0. The number of amides is 3. The SMILES string of the molecule is CC(=O)NC1=NN(C(C)=O)[C@]2(S1)C(=O)N(Cc1ccccc1OC(C)C)c1c(Cl)cccc12. The topological polar surface area (TPSA) is 91.3 Å². The van der Waals surface area contributed by atoms with Crippen molar-refractivity contribution >= 4 is 51.9 Å². The number of nitrogens with one attached hydrogen (secondary N) is 1. The van der Waals surface area contributed by atoms with Gasteiger partial charge in [-0.05, 0) is 37.7 Å². The van der Waals surface area contributed by atoms with Gasteiger partial charge in [0.25, 0.3) is 5.91 Å². The number of hydrogen-bond acceptors (Lipinski definition) is 6. The van der Waals surface area contributed by atoms with E-state index in [0.717, 1.165) is 22.3 Å². The third-order valence-electron chi connectivity index (χ3n) is 5.14. The number of rotatable bonds is 4. The van der Waals surface area contributed by atoms with Crippen molar-refractivity contribution in [3.8, 4) is 5.75 Å². The average Bonchev–Trinajstić information content (AvgIpc) is 3.22. The lowest BCUT2D eigenvalue weighted by atomic mass is 10.1. The zero-order chi connectivity index (χ0) is 23.9. The Hall–Kier alpha value is -3.04. The molecule has 1 N–H and O–H groups in total. The molecule has 2 aromatic rings. The Balaban J connectivity index is 1.82. The number of hydrazone groups is 1. The standard InChI is InChI=1S/C23H23ClN4O4S/c1-13(2)32-19-11-6-5-8-16(19)12-27-20-17(9-7-10-18(20)24)23(21(27)31)28(15(4)30)26-22(33-23)25-14(3)29/h5-11,13H,12H2,1-4H3,(H,25,26,29)/t23-/m1/s1. The number of ether oxygens (including phenoxy) is 1. The van der Waals surface area contributed by atoms with Crippen molar-refractivity contribution in [1.29, 1.82) is 0 Å². The highest BCUT2D eigenvalue weighted by atomic mass is 35.5. The van der Waals surface area contributed by atoms with E-state index < -0.39 is 10.8 Å². The summed E-state index contributed by atoms with van der Waals surface area (Å²) in [6, 6.07) is 12.7. The first-order valence-corrected chi connectivity index (χ1v) is 11.6. The Labute approximate surface area is 200 Å². The largest absolute Gasteiger partial charge is 0.491 e. The molecule has 0 aliphatic carbocycles. The molecule has 0 radical (unpaired) electrons. The molecule has 2 aromatic carbocycles. The van der Waals surface area contributed by atoms with Gasteiger partial charge in [-0.15, -0.1) is 5.10 Å². The fourth-order valence-corrected chi connectivity index (χ4v) is 5.55. The maximum Gasteiger partial charge on any atom is 0.271 e. The third-order valence-corrected chi connectivity index (χ3v) is 6.68. The summed E-state index contributed by atoms with van der Waals surface area (Å²) in [5, 5.41) is 8.52. The maximum absolute atomic E-state index is 14.0. The van der Waals surface area contributed by atoms with Gasteiger partial charge in [-0.25, -0.2) is 0 Å². The number of benzene rings is 2. The van der Waals surface area contributed by atoms with Crippen LogP contribution >= 0.6 is 23.4 Å². The van der Waals surface area contributed by atoms with Crippen LogP contribution in [0, 0.1) is 0 Å². The molecule has 2 heterocycles. The third kappa shape index (κ3) is 3.95. The number of nitrogens with zero attached hydrogens (tertiary/aromatic N) is 3. The second kappa shape index (κ2) is 8.72. The molecule has 4 rings (SSSR count). The minimum Gasteiger partial charge on any atom is -0.491 e. The van der Waals surface area contributed by atoms with Gasteiger partial charge >= 0.3 is 0 Å². The molecule has 0 aromatic heterocycles. The number of carbonyl (C=O) groups excluding carboxylic acids is 3. The quantitative estimate of drug-likeness (QED) is 0.709. The Morgan fingerprint density at radius 3 is 2.58 bits per heavy atom. The van der Waals surface area contributed by atoms with Crippen LogP contribution in [0.2, 0.25) is 5.02 Å². The summed E-state index contributed by atoms with van der Waals surface area (Å²) in [4.78, 5) is 38.3. The molecule has 3 amide bonds. The van der Waals surface area contributed by atoms with Crippen LogP contribution in [0.5, 0.6) is 5.75 Å². The van der Waals surface area contributed by atoms with Gasteiger partial charge in [-0.2, -0.15) is 5.01 Å². The van der Waals surface area contributed by atoms with Crippen molar-refractivity contribution in [3.05, 3.63) is 58.6 Å². The minimum atomic E-state index is -1.50. The number of para-hydroxylation sites is 2. The number of amidine groups is 1. The number of halogens is 1. The first kappa shape index (κ1) is 23.1. The summed E-state index contributed by atoms with van der Waals surface area (Å²) in [6.07, 6.45) is -0.0464. The summed E-state index contributed by atoms with van der Waals surface area (Å²) in [5.74, 6) is -0.510. The summed E-state index contributed by atoms with van der Waals surface area (Å²) in [7, 11) is 0. The van der Waals surface area contributed by atoms with E-state index in [0.29, 0.717) is 22.0 Å². The van der Waals surface area contributed by atoms with E-state index in [-0.39, 0.29) is 29.6 Å². The van der Waals surface area contributed by atoms with Crippen LogP contribution in [0.3, 0.4) is 0 Å². The molecule has 0 fully saturated rings. The normalized spacial score (nSPS) is 19.2. The van der Waals surface area contributed by atoms with Gasteiger partial charge in [0.05, 0.1) is 23.4 Å². The summed E-state index contributed by atoms with van der Waals surface area (Å²) in [5.41, 5.74) is 1.83. The van der Waals surface area contributed by atoms with Crippen LogP contribution in [0.1, 0.15) is 38.8 Å². The molecule has 0 bridgehead atoms. The van der Waals surface area contributed by atoms with E-state index in [2.05, 4.69) is 10.4 Å². The number of hydrogen-bond donors (Lipinski definition) is 1. The fourth-order valence-electron chi connectivity index (χ4n) is 3.95. The van der Waals surface area contributed by atoms with E-state index in [4.69, 9.17) is 16.3 Å². The van der Waals surface area contributed by atoms with Gasteiger partial charge in [0, 0.05) is 25.0 Å². The molecular weight excluding hydrogens is 464 g/mol. The van der Waals surface area contributed by atoms with Crippen LogP contribution in [-0.4, -0.2) is 34.0 Å². The van der Waals surface area contributed by atoms with Crippen LogP contribution in [0.15, 0.2) is 47.6 Å². The predicted molar refractivity (Wildman–Crippen MR) is 128 cm³/mol. The number of fused-ring (bicyclic) bond motifs is 2. The lowest BCUT2D eigenvalue weighted by Gasteiger charge is -2.29. The van der Waals surface area contributed by atoms with Gasteiger partial charge in [0.1, 0.15) is 5.75 Å². The van der Waals surface area contributed by atoms with Crippen molar-refractivity contribution in [2.24, 2.45) is 5.10 Å². The first-order valence-electron chi connectivity index (χ1n) is 10.4. The van der Waals surface area contributed by atoms with E-state index in [1.807, 2.05) is 38.1 Å². The van der Waals surface area contributed by atoms with Crippen LogP contribution in [0.25, 0.3) is 0 Å². The average molecular weight is 487 g/mol. The summed E-state index contributed by atoms with van der Waals surface area (Å²) in [6.45, 7) is 6.71. The molecule has 0 saturated carbocycles. The van der Waals surface area contributed by atoms with Gasteiger partial charge in [-0.1, -0.05) is 41.9 Å². The zero-order valence-corrected chi connectivity index (χ0v) is 20.2. The van der Waals surface area contributed by atoms with Gasteiger partial charge < -0.3 is 15.0 Å². The Morgan fingerprint density at radius 1 is 1.18 bits per heavy atom. The highest BCUT2D eigenvalue weighted by Gasteiger charge is 2.61. The van der Waals surface area contributed by atoms with Crippen molar-refractivity contribution in [2.75, 3.05) is 4.90 Å². The van der Waals surface area contributed by atoms with Gasteiger partial charge in [0.15, 0.2) is 5.17 Å². The fraction of sp³-hybridized carbons (Fsp3) is 0.304. The molecule has 2 aliphatic rings. The monoisotopic (exact) mass is 486 g/mol. The first-order chi connectivity index (χ1) is 15.6. The number of anilines is 1. The van der Waals surface area contributed by atoms with E-state index in [9.17, 15) is 14.4 Å². The molecule has 0 saturated heterocycles. The molecule has 0 unspecified atom stereocenters. The van der Waals surface area contributed by atoms with Crippen LogP contribution in [0.4, 0.5) is 5.69 Å². The second-order valence-corrected chi connectivity index (χ2v) is 9.55. The Morgan fingerprint density at radius 2 is 1.91 bits per heavy atom. The molecule has 10 heteroatoms. The molecule has 2 aliphatic heterocycles. The van der Waals surface area contributed by atoms with Gasteiger partial charge in [0.2, 0.25) is 16.7 Å². The lowest BCUT2D eigenvalue weighted by molar-refractivity contribution is -0.139. The summed E-state index contributed by atoms with van der Waals surface area (Å²) < 4.78 is 5.94.